The van der Waals surface area contributed by atoms with E-state index in [-0.39, 0.29) is 112 Å². The minimum atomic E-state index is -1.39. The molecule has 0 radical (unpaired) electrons. The van der Waals surface area contributed by atoms with Gasteiger partial charge in [-0.25, -0.2) is 27.5 Å². The number of nitrogens with two attached hydrogens (primary N) is 2. The van der Waals surface area contributed by atoms with Crippen molar-refractivity contribution in [2.45, 2.75) is 123 Å². The Morgan fingerprint density at radius 3 is 1.54 bits per heavy atom. The number of Topliss-reactive ketones (excluding diaryl/α,β-unsaturated/α-hetero) is 4. The van der Waals surface area contributed by atoms with Gasteiger partial charge in [-0.3, -0.25) is 38.1 Å². The summed E-state index contributed by atoms with van der Waals surface area (Å²) in [5.41, 5.74) is 14.6. The van der Waals surface area contributed by atoms with Crippen LogP contribution >= 0.6 is 52.1 Å². The second-order valence-corrected chi connectivity index (χ2v) is 26.9. The van der Waals surface area contributed by atoms with Gasteiger partial charge in [0.15, 0.2) is 33.4 Å². The van der Waals surface area contributed by atoms with Gasteiger partial charge in [0.2, 0.25) is 11.8 Å². The van der Waals surface area contributed by atoms with Crippen LogP contribution in [0, 0.1) is 11.6 Å². The molecule has 29 heteroatoms. The summed E-state index contributed by atoms with van der Waals surface area (Å²) in [5.74, 6) is -3.60. The van der Waals surface area contributed by atoms with E-state index < -0.39 is 77.8 Å². The van der Waals surface area contributed by atoms with E-state index in [1.165, 1.54) is 67.8 Å². The maximum Gasteiger partial charge on any atom is 0.497 e. The van der Waals surface area contributed by atoms with Crippen LogP contribution in [0.4, 0.5) is 27.8 Å². The molecule has 3 fully saturated rings. The van der Waals surface area contributed by atoms with Crippen molar-refractivity contribution in [2.75, 3.05) is 24.6 Å². The zero-order chi connectivity index (χ0) is 67.7. The monoisotopic (exact) mass is 1470 g/mol. The number of amides is 2. The lowest BCUT2D eigenvalue weighted by Gasteiger charge is -2.32. The fourth-order valence-electron chi connectivity index (χ4n) is 11.7. The standard InChI is InChI=1S/C30H25F2N5O3S.C29H32BF2N3O5.C7H5BrN2S.CH4.S2.H2S/c1-16(38)29-21-6-2-3-8-23(21)37(35-29)15-27(40)36-14-19(31)13-24(36)25(39)12-18-5-4-7-20(28(18)32)17-9-10-26-22(11-17)34-30(33)41-26;1-17(36)27-20-10-6-7-12-22(20)35(33-27)16-25(38)34-15-19(31)14-23(34)24(37)13-18-9-8-11-21(26(18)32)30-39-28(2,3)29(4,5)40-30;8-4-1-2-6-5(3-4)10-7(9)11-6;;1-2;/h2-11,19,24H,12-15H2,1H3,(H2,33,34);6-12,19,23H,13-16H2,1-5H3;1-3H,(H2,9,10);1H4;;1H2/t19-,24+;19-,23+;;;;/m11..../s1. The number of halogens is 5. The SMILES string of the molecule is C.CC(=O)c1nn(CC(=O)N2C[C@H](F)C[C@H]2C(=O)Cc2cccc(-c3ccc4sc(N)nc4c3)c2F)c2ccccc12.CC(=O)c1nn(CC(=O)N2C[C@H](F)C[C@H]2C(=O)Cc2cccc(B3OC(C)(C)C(C)(C)O3)c2F)c2ccccc12.Nc1nc2cc(Br)ccc2s1.S.S=S. The first kappa shape index (κ1) is 74.0. The summed E-state index contributed by atoms with van der Waals surface area (Å²) in [6.45, 7) is 9.23. The maximum absolute atomic E-state index is 15.7. The molecule has 10 aromatic rings. The van der Waals surface area contributed by atoms with Gasteiger partial charge < -0.3 is 30.6 Å². The molecule has 0 aliphatic carbocycles. The molecule has 7 heterocycles. The minimum Gasteiger partial charge on any atom is -0.399 e. The molecule has 3 aliphatic heterocycles. The normalized spacial score (nSPS) is 17.6. The molecule has 0 bridgehead atoms. The van der Waals surface area contributed by atoms with Crippen LogP contribution in [-0.2, 0) is 76.8 Å². The highest BCUT2D eigenvalue weighted by Gasteiger charge is 2.53. The van der Waals surface area contributed by atoms with Gasteiger partial charge in [0, 0.05) is 88.2 Å². The number of carbonyl (C=O) groups is 6. The van der Waals surface area contributed by atoms with Crippen LogP contribution in [-0.4, -0.2) is 130 Å². The number of aromatic nitrogens is 6. The van der Waals surface area contributed by atoms with Crippen LogP contribution in [0.2, 0.25) is 0 Å². The number of rotatable bonds is 14. The number of hydrogen-bond acceptors (Lipinski definition) is 18. The van der Waals surface area contributed by atoms with Crippen LogP contribution in [0.3, 0.4) is 0 Å². The number of nitrogen functional groups attached to an aromatic ring is 2. The van der Waals surface area contributed by atoms with Crippen molar-refractivity contribution in [3.05, 3.63) is 160 Å². The van der Waals surface area contributed by atoms with Gasteiger partial charge in [0.1, 0.15) is 48.5 Å². The van der Waals surface area contributed by atoms with E-state index in [0.717, 1.165) is 19.4 Å². The van der Waals surface area contributed by atoms with Gasteiger partial charge in [-0.2, -0.15) is 23.7 Å². The molecule has 13 rings (SSSR count). The van der Waals surface area contributed by atoms with Crippen molar-refractivity contribution >= 4 is 175 Å². The topological polar surface area (TPSA) is 241 Å². The third-order valence-corrected chi connectivity index (χ3v) is 19.2. The summed E-state index contributed by atoms with van der Waals surface area (Å²) >= 11 is 13.5. The molecule has 4 N–H and O–H groups in total. The molecule has 3 aliphatic rings. The molecule has 4 atom stereocenters. The van der Waals surface area contributed by atoms with Crippen LogP contribution in [0.5, 0.6) is 0 Å². The van der Waals surface area contributed by atoms with Crippen molar-refractivity contribution in [3.63, 3.8) is 0 Å². The van der Waals surface area contributed by atoms with Crippen LogP contribution in [0.1, 0.15) is 93.9 Å². The number of fused-ring (bicyclic) bond motifs is 4. The highest BCUT2D eigenvalue weighted by molar-refractivity contribution is 9.10. The van der Waals surface area contributed by atoms with E-state index in [4.69, 9.17) is 20.8 Å². The number of benzene rings is 6. The zero-order valence-electron chi connectivity index (χ0n) is 52.1. The zero-order valence-corrected chi connectivity index (χ0v) is 58.0. The smallest absolute Gasteiger partial charge is 0.399 e. The lowest BCUT2D eigenvalue weighted by molar-refractivity contribution is -0.138. The fourth-order valence-corrected chi connectivity index (χ4v) is 13.4. The molecule has 502 valence electrons. The molecular weight excluding hydrogens is 1400 g/mol. The van der Waals surface area contributed by atoms with Crippen LogP contribution in [0.25, 0.3) is 53.4 Å². The summed E-state index contributed by atoms with van der Waals surface area (Å²) in [7, 11) is -0.941. The van der Waals surface area contributed by atoms with E-state index in [0.29, 0.717) is 48.7 Å². The average molecular weight is 1470 g/mol. The van der Waals surface area contributed by atoms with Crippen LogP contribution in [0.15, 0.2) is 126 Å². The Hall–Kier alpha value is -7.77. The van der Waals surface area contributed by atoms with E-state index in [2.05, 4.69) is 58.5 Å². The Kier molecular flexibility index (Phi) is 23.7. The highest BCUT2D eigenvalue weighted by atomic mass is 79.9. The first-order chi connectivity index (χ1) is 44.7. The number of likely N-dealkylation sites (tertiary alicyclic amines) is 2. The second kappa shape index (κ2) is 30.8. The van der Waals surface area contributed by atoms with Gasteiger partial charge in [0.25, 0.3) is 0 Å². The highest BCUT2D eigenvalue weighted by Crippen LogP contribution is 2.38. The van der Waals surface area contributed by atoms with Gasteiger partial charge in [-0.05, 0) is 86.8 Å². The summed E-state index contributed by atoms with van der Waals surface area (Å²) in [6.07, 6.45) is -3.72. The van der Waals surface area contributed by atoms with Gasteiger partial charge in [0.05, 0.1) is 67.8 Å². The van der Waals surface area contributed by atoms with E-state index in [1.807, 2.05) is 52.0 Å². The van der Waals surface area contributed by atoms with Crippen molar-refractivity contribution in [2.24, 2.45) is 0 Å². The summed E-state index contributed by atoms with van der Waals surface area (Å²) in [6, 6.07) is 32.7. The average Bonchev–Trinajstić information content (AvgIpc) is 1.62. The molecule has 2 amide bonds. The van der Waals surface area contributed by atoms with E-state index in [9.17, 15) is 37.5 Å². The van der Waals surface area contributed by atoms with Crippen molar-refractivity contribution in [1.29, 1.82) is 0 Å². The van der Waals surface area contributed by atoms with Gasteiger partial charge in [-0.15, -0.1) is 0 Å². The number of anilines is 2. The maximum atomic E-state index is 15.7. The lowest BCUT2D eigenvalue weighted by Crippen LogP contribution is -2.43. The Morgan fingerprint density at radius 1 is 0.625 bits per heavy atom. The van der Waals surface area contributed by atoms with Crippen LogP contribution < -0.4 is 16.9 Å². The molecule has 96 heavy (non-hydrogen) atoms. The molecule has 18 nitrogen and oxygen atoms in total. The molecule has 0 spiro atoms. The predicted molar refractivity (Wildman–Crippen MR) is 382 cm³/mol. The fraction of sp³-hybridized carbons (Fsp3) is 0.313. The van der Waals surface area contributed by atoms with E-state index in [1.54, 1.807) is 84.9 Å². The Labute approximate surface area is 584 Å². The van der Waals surface area contributed by atoms with Gasteiger partial charge in [-0.1, -0.05) is 125 Å². The second-order valence-electron chi connectivity index (χ2n) is 23.8. The number of para-hydroxylation sites is 2. The number of ketones is 4. The number of hydrogen-bond donors (Lipinski definition) is 2. The molecule has 3 saturated heterocycles. The molecule has 6 aromatic carbocycles. The van der Waals surface area contributed by atoms with Crippen molar-refractivity contribution in [1.82, 2.24) is 39.3 Å². The number of carbonyl (C=O) groups excluding carboxylic acids is 6. The quantitative estimate of drug-likeness (QED) is 0.0584. The Bertz CT molecular complexity index is 4590. The Balaban J connectivity index is 0.000000203. The van der Waals surface area contributed by atoms with Crippen molar-refractivity contribution in [3.8, 4) is 11.1 Å². The predicted octanol–water partition coefficient (Wildman–Crippen LogP) is 11.8. The summed E-state index contributed by atoms with van der Waals surface area (Å²) in [4.78, 5) is 88.4. The first-order valence-electron chi connectivity index (χ1n) is 29.6. The van der Waals surface area contributed by atoms with Gasteiger partial charge >= 0.3 is 7.12 Å². The van der Waals surface area contributed by atoms with E-state index >= 15 is 8.78 Å². The van der Waals surface area contributed by atoms with Crippen molar-refractivity contribution < 1.29 is 55.6 Å². The summed E-state index contributed by atoms with van der Waals surface area (Å²) in [5, 5.41) is 10.9. The Morgan fingerprint density at radius 2 is 1.06 bits per heavy atom. The lowest BCUT2D eigenvalue weighted by atomic mass is 9.77. The minimum absolute atomic E-state index is 0. The molecule has 4 aromatic heterocycles. The number of thiazole rings is 2. The first-order valence-corrected chi connectivity index (χ1v) is 33.4. The molecule has 0 unspecified atom stereocenters. The third-order valence-electron chi connectivity index (χ3n) is 16.9. The third kappa shape index (κ3) is 15.8. The molecule has 0 saturated carbocycles. The molecular formula is C67H68BBrF4N10O8S5. The largest absolute Gasteiger partial charge is 0.497 e. The number of alkyl halides is 2. The summed E-state index contributed by atoms with van der Waals surface area (Å²) < 4.78 is 78.2. The number of nitrogens with zero attached hydrogens (tertiary/aromatic N) is 8.